The molecule has 0 amide bonds. The summed E-state index contributed by atoms with van der Waals surface area (Å²) in [6, 6.07) is 2.14. The summed E-state index contributed by atoms with van der Waals surface area (Å²) in [4.78, 5) is 9.85. The van der Waals surface area contributed by atoms with Crippen LogP contribution in [0.5, 0.6) is 0 Å². The number of nitrogens with zero attached hydrogens (tertiary/aromatic N) is 1. The number of rotatable bonds is 5. The average molecular weight is 294 g/mol. The summed E-state index contributed by atoms with van der Waals surface area (Å²) in [6.45, 7) is 1.62. The first-order valence-electron chi connectivity index (χ1n) is 4.94. The fourth-order valence-corrected chi connectivity index (χ4v) is 2.63. The highest BCUT2D eigenvalue weighted by Crippen LogP contribution is 2.29. The smallest absolute Gasteiger partial charge is 0.275 e. The quantitative estimate of drug-likeness (QED) is 0.615. The largest absolute Gasteiger partial charge is 0.329 e. The summed E-state index contributed by atoms with van der Waals surface area (Å²) >= 11 is 5.78. The number of nitro groups is 1. The molecule has 0 aliphatic heterocycles. The Balaban J connectivity index is 3.31. The molecule has 0 aromatic heterocycles. The summed E-state index contributed by atoms with van der Waals surface area (Å²) in [7, 11) is -3.84. The Morgan fingerprint density at radius 2 is 2.11 bits per heavy atom. The minimum absolute atomic E-state index is 0.0253. The lowest BCUT2D eigenvalue weighted by atomic mass is 10.2. The lowest BCUT2D eigenvalue weighted by Gasteiger charge is -2.07. The highest BCUT2D eigenvalue weighted by Gasteiger charge is 2.21. The molecule has 0 unspecified atom stereocenters. The van der Waals surface area contributed by atoms with Crippen molar-refractivity contribution in [2.75, 3.05) is 13.1 Å². The number of nitrogens with two attached hydrogens (primary N) is 1. The van der Waals surface area contributed by atoms with Crippen molar-refractivity contribution in [3.63, 3.8) is 0 Å². The van der Waals surface area contributed by atoms with Crippen molar-refractivity contribution in [3.05, 3.63) is 32.8 Å². The Morgan fingerprint density at radius 3 is 2.61 bits per heavy atom. The Kier molecular flexibility index (Phi) is 4.63. The van der Waals surface area contributed by atoms with E-state index in [-0.39, 0.29) is 34.3 Å². The predicted molar refractivity (Wildman–Crippen MR) is 67.1 cm³/mol. The van der Waals surface area contributed by atoms with Crippen LogP contribution in [0.1, 0.15) is 5.56 Å². The van der Waals surface area contributed by atoms with Gasteiger partial charge in [0.05, 0.1) is 14.8 Å². The van der Waals surface area contributed by atoms with Crippen LogP contribution in [0.25, 0.3) is 0 Å². The van der Waals surface area contributed by atoms with Crippen LogP contribution in [0.15, 0.2) is 17.0 Å². The molecule has 0 saturated carbocycles. The third-order valence-electron chi connectivity index (χ3n) is 2.23. The normalized spacial score (nSPS) is 11.5. The van der Waals surface area contributed by atoms with Gasteiger partial charge >= 0.3 is 0 Å². The van der Waals surface area contributed by atoms with E-state index in [0.29, 0.717) is 0 Å². The van der Waals surface area contributed by atoms with Crippen LogP contribution in [0, 0.1) is 17.0 Å². The molecule has 7 nitrogen and oxygen atoms in total. The lowest BCUT2D eigenvalue weighted by Crippen LogP contribution is -2.29. The third-order valence-corrected chi connectivity index (χ3v) is 4.07. The molecule has 0 fully saturated rings. The van der Waals surface area contributed by atoms with Crippen LogP contribution in [0.4, 0.5) is 5.69 Å². The van der Waals surface area contributed by atoms with Crippen molar-refractivity contribution in [2.24, 2.45) is 5.73 Å². The zero-order chi connectivity index (χ0) is 13.9. The predicted octanol–water partition coefficient (Wildman–Crippen LogP) is 0.794. The molecular weight excluding hydrogens is 282 g/mol. The number of hydrogen-bond acceptors (Lipinski definition) is 5. The molecule has 3 N–H and O–H groups in total. The van der Waals surface area contributed by atoms with Gasteiger partial charge in [-0.05, 0) is 13.0 Å². The van der Waals surface area contributed by atoms with E-state index in [2.05, 4.69) is 4.72 Å². The van der Waals surface area contributed by atoms with Gasteiger partial charge in [-0.15, -0.1) is 0 Å². The molecule has 0 saturated heterocycles. The number of benzene rings is 1. The van der Waals surface area contributed by atoms with Crippen molar-refractivity contribution in [1.29, 1.82) is 0 Å². The standard InChI is InChI=1S/C9H12ClN3O4S/c1-6-8(10)4-7(5-9(6)13(14)15)18(16,17)12-3-2-11/h4-5,12H,2-3,11H2,1H3. The van der Waals surface area contributed by atoms with Crippen molar-refractivity contribution in [1.82, 2.24) is 4.72 Å². The molecule has 100 valence electrons. The van der Waals surface area contributed by atoms with Gasteiger partial charge in [0.25, 0.3) is 5.69 Å². The van der Waals surface area contributed by atoms with Gasteiger partial charge in [-0.3, -0.25) is 10.1 Å². The van der Waals surface area contributed by atoms with E-state index in [1.165, 1.54) is 13.0 Å². The Morgan fingerprint density at radius 1 is 1.50 bits per heavy atom. The van der Waals surface area contributed by atoms with Crippen molar-refractivity contribution < 1.29 is 13.3 Å². The van der Waals surface area contributed by atoms with Crippen molar-refractivity contribution in [3.8, 4) is 0 Å². The fourth-order valence-electron chi connectivity index (χ4n) is 1.26. The second-order valence-corrected chi connectivity index (χ2v) is 5.67. The number of halogens is 1. The molecule has 0 heterocycles. The zero-order valence-corrected chi connectivity index (χ0v) is 11.1. The van der Waals surface area contributed by atoms with Crippen LogP contribution >= 0.6 is 11.6 Å². The number of nitro benzene ring substituents is 1. The molecule has 1 rings (SSSR count). The maximum atomic E-state index is 11.8. The fraction of sp³-hybridized carbons (Fsp3) is 0.333. The first-order valence-corrected chi connectivity index (χ1v) is 6.80. The molecule has 0 radical (unpaired) electrons. The van der Waals surface area contributed by atoms with Gasteiger partial charge in [0.15, 0.2) is 0 Å². The molecule has 9 heteroatoms. The monoisotopic (exact) mass is 293 g/mol. The third kappa shape index (κ3) is 3.16. The topological polar surface area (TPSA) is 115 Å². The van der Waals surface area contributed by atoms with Crippen LogP contribution in [-0.4, -0.2) is 26.4 Å². The number of sulfonamides is 1. The summed E-state index contributed by atoms with van der Waals surface area (Å²) in [5.74, 6) is 0. The minimum Gasteiger partial charge on any atom is -0.329 e. The van der Waals surface area contributed by atoms with Crippen LogP contribution in [-0.2, 0) is 10.0 Å². The maximum absolute atomic E-state index is 11.8. The Labute approximate surface area is 109 Å². The Hall–Kier alpha value is -1.22. The van der Waals surface area contributed by atoms with E-state index >= 15 is 0 Å². The van der Waals surface area contributed by atoms with E-state index in [9.17, 15) is 18.5 Å². The van der Waals surface area contributed by atoms with Crippen molar-refractivity contribution >= 4 is 27.3 Å². The average Bonchev–Trinajstić information content (AvgIpc) is 2.29. The first-order chi connectivity index (χ1) is 8.29. The van der Waals surface area contributed by atoms with E-state index < -0.39 is 14.9 Å². The second-order valence-electron chi connectivity index (χ2n) is 3.49. The molecule has 0 atom stereocenters. The number of hydrogen-bond donors (Lipinski definition) is 2. The molecule has 1 aromatic carbocycles. The van der Waals surface area contributed by atoms with Crippen LogP contribution in [0.2, 0.25) is 5.02 Å². The first kappa shape index (κ1) is 14.8. The highest BCUT2D eigenvalue weighted by molar-refractivity contribution is 7.89. The van der Waals surface area contributed by atoms with Gasteiger partial charge in [-0.25, -0.2) is 13.1 Å². The molecule has 0 spiro atoms. The van der Waals surface area contributed by atoms with E-state index in [0.717, 1.165) is 6.07 Å². The minimum atomic E-state index is -3.84. The molecular formula is C9H12ClN3O4S. The molecule has 0 aliphatic carbocycles. The van der Waals surface area contributed by atoms with Gasteiger partial charge in [-0.1, -0.05) is 11.6 Å². The van der Waals surface area contributed by atoms with Gasteiger partial charge < -0.3 is 5.73 Å². The molecule has 0 bridgehead atoms. The van der Waals surface area contributed by atoms with Crippen LogP contribution in [0.3, 0.4) is 0 Å². The van der Waals surface area contributed by atoms with Gasteiger partial charge in [0.1, 0.15) is 0 Å². The van der Waals surface area contributed by atoms with Gasteiger partial charge in [-0.2, -0.15) is 0 Å². The second kappa shape index (κ2) is 5.61. The summed E-state index contributed by atoms with van der Waals surface area (Å²) in [5.41, 5.74) is 5.07. The Bertz CT molecular complexity index is 573. The molecule has 0 aliphatic rings. The van der Waals surface area contributed by atoms with Crippen LogP contribution < -0.4 is 10.5 Å². The molecule has 1 aromatic rings. The summed E-state index contributed by atoms with van der Waals surface area (Å²) in [6.07, 6.45) is 0. The van der Waals surface area contributed by atoms with E-state index in [4.69, 9.17) is 17.3 Å². The highest BCUT2D eigenvalue weighted by atomic mass is 35.5. The summed E-state index contributed by atoms with van der Waals surface area (Å²) < 4.78 is 25.8. The van der Waals surface area contributed by atoms with E-state index in [1.807, 2.05) is 0 Å². The number of nitrogens with one attached hydrogen (secondary N) is 1. The SMILES string of the molecule is Cc1c(Cl)cc(S(=O)(=O)NCCN)cc1[N+](=O)[O-]. The van der Waals surface area contributed by atoms with Crippen molar-refractivity contribution in [2.45, 2.75) is 11.8 Å². The van der Waals surface area contributed by atoms with Gasteiger partial charge in [0, 0.05) is 24.7 Å². The summed E-state index contributed by atoms with van der Waals surface area (Å²) in [5, 5.41) is 10.8. The van der Waals surface area contributed by atoms with Gasteiger partial charge in [0.2, 0.25) is 10.0 Å². The molecule has 18 heavy (non-hydrogen) atoms. The van der Waals surface area contributed by atoms with E-state index in [1.54, 1.807) is 0 Å². The zero-order valence-electron chi connectivity index (χ0n) is 9.51. The maximum Gasteiger partial charge on any atom is 0.275 e. The lowest BCUT2D eigenvalue weighted by molar-refractivity contribution is -0.385.